The van der Waals surface area contributed by atoms with Crippen LogP contribution in [-0.4, -0.2) is 18.8 Å². The molecule has 0 aromatic heterocycles. The molecule has 0 bridgehead atoms. The fourth-order valence-corrected chi connectivity index (χ4v) is 4.56. The first-order valence-corrected chi connectivity index (χ1v) is 7.67. The Morgan fingerprint density at radius 3 is 1.33 bits per heavy atom. The van der Waals surface area contributed by atoms with Gasteiger partial charge in [0.05, 0.1) is 0 Å². The second-order valence-electron chi connectivity index (χ2n) is 4.38. The van der Waals surface area contributed by atoms with Gasteiger partial charge in [0.25, 0.3) is 0 Å². The van der Waals surface area contributed by atoms with E-state index in [1.54, 1.807) is 36.4 Å². The zero-order chi connectivity index (χ0) is 13.3. The van der Waals surface area contributed by atoms with Gasteiger partial charge in [0.1, 0.15) is 0 Å². The predicted molar refractivity (Wildman–Crippen MR) is 75.0 cm³/mol. The van der Waals surface area contributed by atoms with Gasteiger partial charge in [0.2, 0.25) is 0 Å². The zero-order valence-corrected chi connectivity index (χ0v) is 11.3. The molecule has 0 fully saturated rings. The fourth-order valence-electron chi connectivity index (χ4n) is 1.97. The molecule has 0 radical (unpaired) electrons. The van der Waals surface area contributed by atoms with E-state index >= 15 is 8.39 Å². The molecule has 2 aromatic carbocycles. The third-order valence-electron chi connectivity index (χ3n) is 3.09. The van der Waals surface area contributed by atoms with Crippen LogP contribution in [0.1, 0.15) is 0 Å². The van der Waals surface area contributed by atoms with E-state index < -0.39 is 7.38 Å². The molecule has 96 valence electrons. The maximum absolute atomic E-state index is 15.5. The van der Waals surface area contributed by atoms with Crippen molar-refractivity contribution in [2.75, 3.05) is 14.1 Å². The SMILES string of the molecule is CN(C)P(F)(F)(c1ccccc1)c1ccccc1. The third-order valence-corrected chi connectivity index (χ3v) is 6.85. The van der Waals surface area contributed by atoms with E-state index in [1.165, 1.54) is 38.4 Å². The molecular weight excluding hydrogens is 251 g/mol. The van der Waals surface area contributed by atoms with E-state index in [2.05, 4.69) is 0 Å². The van der Waals surface area contributed by atoms with Crippen LogP contribution < -0.4 is 10.6 Å². The monoisotopic (exact) mass is 267 g/mol. The van der Waals surface area contributed by atoms with Crippen molar-refractivity contribution in [2.45, 2.75) is 0 Å². The quantitative estimate of drug-likeness (QED) is 0.770. The minimum atomic E-state index is -5.23. The van der Waals surface area contributed by atoms with Crippen LogP contribution in [0, 0.1) is 0 Å². The van der Waals surface area contributed by atoms with Gasteiger partial charge in [-0.2, -0.15) is 0 Å². The maximum atomic E-state index is 15.5. The molecular formula is C14H16F2NP. The van der Waals surface area contributed by atoms with E-state index in [-0.39, 0.29) is 10.6 Å². The van der Waals surface area contributed by atoms with Gasteiger partial charge in [-0.15, -0.1) is 0 Å². The van der Waals surface area contributed by atoms with Gasteiger partial charge < -0.3 is 0 Å². The summed E-state index contributed by atoms with van der Waals surface area (Å²) in [5.41, 5.74) is 0. The Labute approximate surface area is 106 Å². The molecule has 0 aliphatic heterocycles. The van der Waals surface area contributed by atoms with Crippen molar-refractivity contribution in [1.82, 2.24) is 4.67 Å². The molecule has 4 heteroatoms. The summed E-state index contributed by atoms with van der Waals surface area (Å²) in [5, 5.41) is 0.194. The Balaban J connectivity index is 2.72. The van der Waals surface area contributed by atoms with E-state index in [0.717, 1.165) is 4.67 Å². The summed E-state index contributed by atoms with van der Waals surface area (Å²) in [7, 11) is -2.35. The van der Waals surface area contributed by atoms with Gasteiger partial charge in [0.15, 0.2) is 0 Å². The van der Waals surface area contributed by atoms with Crippen LogP contribution in [0.2, 0.25) is 0 Å². The van der Waals surface area contributed by atoms with Gasteiger partial charge in [0, 0.05) is 0 Å². The van der Waals surface area contributed by atoms with Gasteiger partial charge in [-0.3, -0.25) is 0 Å². The number of hydrogen-bond acceptors (Lipinski definition) is 1. The van der Waals surface area contributed by atoms with Crippen LogP contribution in [0.15, 0.2) is 60.7 Å². The molecule has 0 unspecified atom stereocenters. The molecule has 2 rings (SSSR count). The topological polar surface area (TPSA) is 3.24 Å². The van der Waals surface area contributed by atoms with Crippen LogP contribution in [-0.2, 0) is 0 Å². The summed E-state index contributed by atoms with van der Waals surface area (Å²) >= 11 is 0. The number of benzene rings is 2. The minimum absolute atomic E-state index is 0.0969. The van der Waals surface area contributed by atoms with Crippen LogP contribution in [0.4, 0.5) is 8.39 Å². The molecule has 18 heavy (non-hydrogen) atoms. The van der Waals surface area contributed by atoms with E-state index in [9.17, 15) is 0 Å². The average molecular weight is 267 g/mol. The number of halogens is 2. The summed E-state index contributed by atoms with van der Waals surface area (Å²) in [6.07, 6.45) is 0. The van der Waals surface area contributed by atoms with E-state index in [1.807, 2.05) is 0 Å². The number of nitrogens with zero attached hydrogens (tertiary/aromatic N) is 1. The van der Waals surface area contributed by atoms with Gasteiger partial charge in [-0.05, 0) is 0 Å². The second kappa shape index (κ2) is 4.42. The average Bonchev–Trinajstić information content (AvgIpc) is 2.41. The molecule has 0 spiro atoms. The van der Waals surface area contributed by atoms with Crippen LogP contribution in [0.5, 0.6) is 0 Å². The molecule has 0 aliphatic carbocycles. The second-order valence-corrected chi connectivity index (χ2v) is 7.95. The third kappa shape index (κ3) is 1.84. The summed E-state index contributed by atoms with van der Waals surface area (Å²) < 4.78 is 32.0. The van der Waals surface area contributed by atoms with Crippen molar-refractivity contribution < 1.29 is 8.39 Å². The van der Waals surface area contributed by atoms with Crippen LogP contribution in [0.25, 0.3) is 0 Å². The van der Waals surface area contributed by atoms with Gasteiger partial charge >= 0.3 is 106 Å². The molecule has 1 nitrogen and oxygen atoms in total. The summed E-state index contributed by atoms with van der Waals surface area (Å²) in [6.45, 7) is 0. The molecule has 2 aromatic rings. The molecule has 0 saturated heterocycles. The molecule has 0 heterocycles. The van der Waals surface area contributed by atoms with Crippen molar-refractivity contribution in [2.24, 2.45) is 0 Å². The van der Waals surface area contributed by atoms with Crippen LogP contribution >= 0.6 is 7.38 Å². The Bertz CT molecular complexity index is 483. The standard InChI is InChI=1S/C14H16F2NP/c1-17(2)18(15,16,13-9-5-3-6-10-13)14-11-7-4-8-12-14/h3-12H,1-2H3. The predicted octanol–water partition coefficient (Wildman–Crippen LogP) is 3.44. The van der Waals surface area contributed by atoms with Crippen molar-refractivity contribution in [3.8, 4) is 0 Å². The van der Waals surface area contributed by atoms with Gasteiger partial charge in [-0.1, -0.05) is 0 Å². The first-order chi connectivity index (χ1) is 8.46. The van der Waals surface area contributed by atoms with E-state index in [4.69, 9.17) is 0 Å². The molecule has 0 aliphatic rings. The first kappa shape index (κ1) is 13.1. The Morgan fingerprint density at radius 1 is 0.722 bits per heavy atom. The normalized spacial score (nSPS) is 14.2. The molecule has 0 amide bonds. The Kier molecular flexibility index (Phi) is 3.22. The summed E-state index contributed by atoms with van der Waals surface area (Å²) in [4.78, 5) is 0. The van der Waals surface area contributed by atoms with Crippen LogP contribution in [0.3, 0.4) is 0 Å². The van der Waals surface area contributed by atoms with Crippen molar-refractivity contribution in [3.05, 3.63) is 60.7 Å². The van der Waals surface area contributed by atoms with Crippen molar-refractivity contribution >= 4 is 18.0 Å². The Morgan fingerprint density at radius 2 is 1.06 bits per heavy atom. The fraction of sp³-hybridized carbons (Fsp3) is 0.143. The number of rotatable bonds is 3. The van der Waals surface area contributed by atoms with Crippen molar-refractivity contribution in [1.29, 1.82) is 0 Å². The zero-order valence-electron chi connectivity index (χ0n) is 10.4. The van der Waals surface area contributed by atoms with Crippen molar-refractivity contribution in [3.63, 3.8) is 0 Å². The summed E-state index contributed by atoms with van der Waals surface area (Å²) in [5.74, 6) is 0. The molecule has 0 atom stereocenters. The molecule has 0 saturated carbocycles. The Hall–Kier alpha value is -1.31. The number of hydrogen-bond donors (Lipinski definition) is 0. The van der Waals surface area contributed by atoms with Gasteiger partial charge in [-0.25, -0.2) is 0 Å². The first-order valence-electron chi connectivity index (χ1n) is 5.70. The molecule has 0 N–H and O–H groups in total. The summed E-state index contributed by atoms with van der Waals surface area (Å²) in [6, 6.07) is 16.1. The van der Waals surface area contributed by atoms with E-state index in [0.29, 0.717) is 0 Å².